The molecule has 21 heavy (non-hydrogen) atoms. The lowest BCUT2D eigenvalue weighted by molar-refractivity contribution is -0.133. The first kappa shape index (κ1) is 14.5. The number of aliphatic hydroxyl groups excluding tert-OH is 1. The van der Waals surface area contributed by atoms with Crippen LogP contribution in [-0.4, -0.2) is 52.5 Å². The SMILES string of the molecule is O=C(CN1Cc2ccc(Br)cc2C1=O)N1CCC(O)CC1. The number of aliphatic hydroxyl groups is 1. The van der Waals surface area contributed by atoms with Crippen molar-refractivity contribution in [2.75, 3.05) is 19.6 Å². The second-order valence-corrected chi connectivity index (χ2v) is 6.49. The second-order valence-electron chi connectivity index (χ2n) is 5.57. The zero-order valence-corrected chi connectivity index (χ0v) is 13.2. The highest BCUT2D eigenvalue weighted by atomic mass is 79.9. The van der Waals surface area contributed by atoms with Gasteiger partial charge in [-0.2, -0.15) is 0 Å². The van der Waals surface area contributed by atoms with Gasteiger partial charge in [0, 0.05) is 29.7 Å². The van der Waals surface area contributed by atoms with Gasteiger partial charge in [0.2, 0.25) is 5.91 Å². The van der Waals surface area contributed by atoms with Crippen LogP contribution in [0.1, 0.15) is 28.8 Å². The van der Waals surface area contributed by atoms with Crippen LogP contribution in [0, 0.1) is 0 Å². The van der Waals surface area contributed by atoms with E-state index in [1.165, 1.54) is 0 Å². The van der Waals surface area contributed by atoms with E-state index in [4.69, 9.17) is 0 Å². The Morgan fingerprint density at radius 3 is 2.76 bits per heavy atom. The minimum absolute atomic E-state index is 0.0397. The van der Waals surface area contributed by atoms with Crippen LogP contribution >= 0.6 is 15.9 Å². The highest BCUT2D eigenvalue weighted by Gasteiger charge is 2.31. The Morgan fingerprint density at radius 2 is 2.05 bits per heavy atom. The van der Waals surface area contributed by atoms with Crippen LogP contribution in [0.3, 0.4) is 0 Å². The highest BCUT2D eigenvalue weighted by molar-refractivity contribution is 9.10. The number of piperidine rings is 1. The van der Waals surface area contributed by atoms with Crippen molar-refractivity contribution in [3.8, 4) is 0 Å². The zero-order valence-electron chi connectivity index (χ0n) is 11.6. The van der Waals surface area contributed by atoms with E-state index in [0.717, 1.165) is 10.0 Å². The molecule has 0 radical (unpaired) electrons. The topological polar surface area (TPSA) is 60.9 Å². The van der Waals surface area contributed by atoms with Gasteiger partial charge in [0.25, 0.3) is 5.91 Å². The maximum Gasteiger partial charge on any atom is 0.255 e. The summed E-state index contributed by atoms with van der Waals surface area (Å²) in [6.07, 6.45) is 0.934. The maximum atomic E-state index is 12.3. The molecule has 2 aliphatic rings. The Labute approximate surface area is 131 Å². The molecule has 6 heteroatoms. The van der Waals surface area contributed by atoms with Crippen molar-refractivity contribution in [1.82, 2.24) is 9.80 Å². The molecule has 1 aromatic rings. The van der Waals surface area contributed by atoms with Crippen LogP contribution in [0.4, 0.5) is 0 Å². The largest absolute Gasteiger partial charge is 0.393 e. The summed E-state index contributed by atoms with van der Waals surface area (Å²) in [5.41, 5.74) is 1.64. The summed E-state index contributed by atoms with van der Waals surface area (Å²) in [4.78, 5) is 27.9. The number of carbonyl (C=O) groups excluding carboxylic acids is 2. The first-order valence-corrected chi connectivity index (χ1v) is 7.87. The first-order chi connectivity index (χ1) is 10.0. The van der Waals surface area contributed by atoms with Crippen molar-refractivity contribution in [2.45, 2.75) is 25.5 Å². The van der Waals surface area contributed by atoms with Crippen molar-refractivity contribution in [3.63, 3.8) is 0 Å². The molecule has 3 rings (SSSR count). The third kappa shape index (κ3) is 2.96. The molecule has 0 saturated carbocycles. The lowest BCUT2D eigenvalue weighted by atomic mass is 10.1. The number of carbonyl (C=O) groups is 2. The van der Waals surface area contributed by atoms with Crippen LogP contribution in [0.15, 0.2) is 22.7 Å². The number of hydrogen-bond acceptors (Lipinski definition) is 3. The van der Waals surface area contributed by atoms with Crippen molar-refractivity contribution in [3.05, 3.63) is 33.8 Å². The third-order valence-electron chi connectivity index (χ3n) is 4.09. The predicted octanol–water partition coefficient (Wildman–Crippen LogP) is 1.39. The van der Waals surface area contributed by atoms with Crippen LogP contribution in [0.5, 0.6) is 0 Å². The van der Waals surface area contributed by atoms with E-state index in [0.29, 0.717) is 38.0 Å². The molecule has 112 valence electrons. The Balaban J connectivity index is 1.64. The van der Waals surface area contributed by atoms with Crippen molar-refractivity contribution in [1.29, 1.82) is 0 Å². The number of nitrogens with zero attached hydrogens (tertiary/aromatic N) is 2. The van der Waals surface area contributed by atoms with Gasteiger partial charge in [-0.3, -0.25) is 9.59 Å². The van der Waals surface area contributed by atoms with Crippen molar-refractivity contribution < 1.29 is 14.7 Å². The number of likely N-dealkylation sites (tertiary alicyclic amines) is 1. The molecule has 0 spiro atoms. The maximum absolute atomic E-state index is 12.3. The Hall–Kier alpha value is -1.40. The van der Waals surface area contributed by atoms with Crippen LogP contribution < -0.4 is 0 Å². The number of fused-ring (bicyclic) bond motifs is 1. The Bertz CT molecular complexity index is 582. The summed E-state index contributed by atoms with van der Waals surface area (Å²) in [7, 11) is 0. The van der Waals surface area contributed by atoms with E-state index in [1.54, 1.807) is 15.9 Å². The minimum atomic E-state index is -0.302. The smallest absolute Gasteiger partial charge is 0.255 e. The van der Waals surface area contributed by atoms with Crippen molar-refractivity contribution >= 4 is 27.7 Å². The van der Waals surface area contributed by atoms with Gasteiger partial charge in [0.1, 0.15) is 6.54 Å². The molecule has 1 aromatic carbocycles. The Morgan fingerprint density at radius 1 is 1.33 bits per heavy atom. The molecule has 2 amide bonds. The van der Waals surface area contributed by atoms with Crippen molar-refractivity contribution in [2.24, 2.45) is 0 Å². The molecule has 1 saturated heterocycles. The van der Waals surface area contributed by atoms with E-state index in [1.807, 2.05) is 12.1 Å². The average Bonchev–Trinajstić information content (AvgIpc) is 2.76. The molecule has 1 N–H and O–H groups in total. The van der Waals surface area contributed by atoms with E-state index in [2.05, 4.69) is 15.9 Å². The monoisotopic (exact) mass is 352 g/mol. The van der Waals surface area contributed by atoms with Gasteiger partial charge in [-0.15, -0.1) is 0 Å². The van der Waals surface area contributed by atoms with Gasteiger partial charge in [-0.05, 0) is 30.5 Å². The molecule has 0 atom stereocenters. The third-order valence-corrected chi connectivity index (χ3v) is 4.59. The van der Waals surface area contributed by atoms with Gasteiger partial charge >= 0.3 is 0 Å². The zero-order chi connectivity index (χ0) is 15.0. The summed E-state index contributed by atoms with van der Waals surface area (Å²) < 4.78 is 0.868. The van der Waals surface area contributed by atoms with Crippen LogP contribution in [-0.2, 0) is 11.3 Å². The molecule has 1 fully saturated rings. The molecular weight excluding hydrogens is 336 g/mol. The number of halogens is 1. The van der Waals surface area contributed by atoms with E-state index in [-0.39, 0.29) is 24.5 Å². The van der Waals surface area contributed by atoms with E-state index < -0.39 is 0 Å². The van der Waals surface area contributed by atoms with Gasteiger partial charge in [0.05, 0.1) is 6.10 Å². The number of benzene rings is 1. The molecular formula is C15H17BrN2O3. The van der Waals surface area contributed by atoms with Gasteiger partial charge in [0.15, 0.2) is 0 Å². The van der Waals surface area contributed by atoms with Gasteiger partial charge in [-0.1, -0.05) is 22.0 Å². The fourth-order valence-electron chi connectivity index (χ4n) is 2.84. The summed E-state index contributed by atoms with van der Waals surface area (Å²) in [5.74, 6) is -0.126. The molecule has 0 aromatic heterocycles. The normalized spacial score (nSPS) is 19.0. The number of amides is 2. The Kier molecular flexibility index (Phi) is 3.99. The molecule has 2 heterocycles. The first-order valence-electron chi connectivity index (χ1n) is 7.08. The fourth-order valence-corrected chi connectivity index (χ4v) is 3.20. The summed E-state index contributed by atoms with van der Waals surface area (Å²) in [5, 5.41) is 9.47. The lowest BCUT2D eigenvalue weighted by Gasteiger charge is -2.30. The summed E-state index contributed by atoms with van der Waals surface area (Å²) >= 11 is 3.36. The minimum Gasteiger partial charge on any atom is -0.393 e. The van der Waals surface area contributed by atoms with Crippen LogP contribution in [0.2, 0.25) is 0 Å². The van der Waals surface area contributed by atoms with E-state index >= 15 is 0 Å². The predicted molar refractivity (Wildman–Crippen MR) is 80.7 cm³/mol. The number of hydrogen-bond donors (Lipinski definition) is 1. The molecule has 2 aliphatic heterocycles. The second kappa shape index (κ2) is 5.77. The lowest BCUT2D eigenvalue weighted by Crippen LogP contribution is -2.45. The van der Waals surface area contributed by atoms with Crippen LogP contribution in [0.25, 0.3) is 0 Å². The molecule has 0 aliphatic carbocycles. The summed E-state index contributed by atoms with van der Waals surface area (Å²) in [6.45, 7) is 1.74. The average molecular weight is 353 g/mol. The standard InChI is InChI=1S/C15H17BrN2O3/c16-11-2-1-10-8-18(15(21)13(10)7-11)9-14(20)17-5-3-12(19)4-6-17/h1-2,7,12,19H,3-6,8-9H2. The fraction of sp³-hybridized carbons (Fsp3) is 0.467. The molecule has 5 nitrogen and oxygen atoms in total. The molecule has 0 bridgehead atoms. The summed E-state index contributed by atoms with van der Waals surface area (Å²) in [6, 6.07) is 5.63. The molecule has 0 unspecified atom stereocenters. The van der Waals surface area contributed by atoms with Gasteiger partial charge < -0.3 is 14.9 Å². The van der Waals surface area contributed by atoms with E-state index in [9.17, 15) is 14.7 Å². The van der Waals surface area contributed by atoms with Gasteiger partial charge in [-0.25, -0.2) is 0 Å². The quantitative estimate of drug-likeness (QED) is 0.874. The highest BCUT2D eigenvalue weighted by Crippen LogP contribution is 2.26. The number of rotatable bonds is 2.